The van der Waals surface area contributed by atoms with Crippen LogP contribution in [0.1, 0.15) is 25.8 Å². The van der Waals surface area contributed by atoms with Crippen molar-refractivity contribution in [3.05, 3.63) is 65.7 Å². The van der Waals surface area contributed by atoms with Crippen molar-refractivity contribution in [2.45, 2.75) is 17.8 Å². The number of sulfonamides is 1. The van der Waals surface area contributed by atoms with E-state index in [4.69, 9.17) is 13.0 Å². The average molecular weight is 425 g/mol. The molecule has 0 amide bonds. The Hall–Kier alpha value is -1.93. The van der Waals surface area contributed by atoms with Crippen molar-refractivity contribution in [1.82, 2.24) is 9.21 Å². The molecule has 0 saturated carbocycles. The zero-order valence-corrected chi connectivity index (χ0v) is 17.1. The Bertz CT molecular complexity index is 1100. The lowest BCUT2D eigenvalue weighted by molar-refractivity contribution is -0.0698. The van der Waals surface area contributed by atoms with Gasteiger partial charge in [-0.15, -0.1) is 0 Å². The summed E-state index contributed by atoms with van der Waals surface area (Å²) in [6.45, 7) is -6.79. The van der Waals surface area contributed by atoms with Crippen LogP contribution in [0.2, 0.25) is 0 Å². The Balaban J connectivity index is 1.99. The summed E-state index contributed by atoms with van der Waals surface area (Å²) < 4.78 is 79.4. The van der Waals surface area contributed by atoms with Crippen molar-refractivity contribution in [2.75, 3.05) is 40.7 Å². The molecule has 7 heteroatoms. The third-order valence-electron chi connectivity index (χ3n) is 5.40. The summed E-state index contributed by atoms with van der Waals surface area (Å²) in [6, 6.07) is 15.2. The fraction of sp³-hybridized carbons (Fsp3) is 0.455. The van der Waals surface area contributed by atoms with Gasteiger partial charge in [-0.05, 0) is 43.6 Å². The second-order valence-electron chi connectivity index (χ2n) is 7.31. The Labute approximate surface area is 182 Å². The van der Waals surface area contributed by atoms with Gasteiger partial charge in [0.2, 0.25) is 10.0 Å². The number of rotatable bonds is 7. The molecular weight excluding hydrogens is 388 g/mol. The van der Waals surface area contributed by atoms with Gasteiger partial charge in [0, 0.05) is 33.8 Å². The van der Waals surface area contributed by atoms with Gasteiger partial charge in [0.25, 0.3) is 0 Å². The molecule has 1 N–H and O–H groups in total. The van der Waals surface area contributed by atoms with Crippen molar-refractivity contribution in [3.63, 3.8) is 0 Å². The van der Waals surface area contributed by atoms with E-state index in [0.717, 1.165) is 0 Å². The minimum Gasteiger partial charge on any atom is -0.497 e. The van der Waals surface area contributed by atoms with E-state index in [9.17, 15) is 13.5 Å². The number of methoxy groups -OCH3 is 1. The lowest BCUT2D eigenvalue weighted by Crippen LogP contribution is -2.54. The van der Waals surface area contributed by atoms with Gasteiger partial charge >= 0.3 is 0 Å². The van der Waals surface area contributed by atoms with E-state index in [1.165, 1.54) is 11.4 Å². The van der Waals surface area contributed by atoms with Crippen LogP contribution < -0.4 is 4.74 Å². The van der Waals surface area contributed by atoms with E-state index in [1.54, 1.807) is 54.6 Å². The summed E-state index contributed by atoms with van der Waals surface area (Å²) in [6.07, 6.45) is -0.0469. The number of benzene rings is 2. The first kappa shape index (κ1) is 15.0. The van der Waals surface area contributed by atoms with Crippen molar-refractivity contribution >= 4 is 10.0 Å². The third kappa shape index (κ3) is 4.98. The molecule has 1 aliphatic heterocycles. The predicted molar refractivity (Wildman–Crippen MR) is 114 cm³/mol. The fourth-order valence-corrected chi connectivity index (χ4v) is 5.39. The molecule has 158 valence electrons. The zero-order valence-electron chi connectivity index (χ0n) is 22.3. The Morgan fingerprint density at radius 2 is 2.00 bits per heavy atom. The second-order valence-corrected chi connectivity index (χ2v) is 9.28. The number of ether oxygens (including phenoxy) is 1. The summed E-state index contributed by atoms with van der Waals surface area (Å²) in [5.41, 5.74) is -0.690. The van der Waals surface area contributed by atoms with E-state index >= 15 is 0 Å². The van der Waals surface area contributed by atoms with Gasteiger partial charge in [0.1, 0.15) is 5.75 Å². The largest absolute Gasteiger partial charge is 0.497 e. The molecule has 0 aliphatic carbocycles. The van der Waals surface area contributed by atoms with Crippen LogP contribution in [0, 0.1) is 5.92 Å². The lowest BCUT2D eigenvalue weighted by atomic mass is 9.76. The molecular formula is C22H30N2O4S. The maximum atomic E-state index is 13.2. The first-order chi connectivity index (χ1) is 16.2. The molecule has 2 atom stereocenters. The van der Waals surface area contributed by atoms with E-state index in [-0.39, 0.29) is 25.3 Å². The predicted octanol–water partition coefficient (Wildman–Crippen LogP) is 2.30. The highest BCUT2D eigenvalue weighted by molar-refractivity contribution is 7.88. The topological polar surface area (TPSA) is 70.1 Å². The minimum atomic E-state index is -3.82. The summed E-state index contributed by atoms with van der Waals surface area (Å²) in [7, 11) is -2.36. The molecule has 2 aromatic rings. The molecule has 3 rings (SSSR count). The van der Waals surface area contributed by atoms with Crippen LogP contribution in [0.25, 0.3) is 0 Å². The monoisotopic (exact) mass is 424 g/mol. The fourth-order valence-electron chi connectivity index (χ4n) is 3.82. The highest BCUT2D eigenvalue weighted by atomic mass is 32.2. The van der Waals surface area contributed by atoms with Crippen LogP contribution in [0.4, 0.5) is 0 Å². The van der Waals surface area contributed by atoms with Crippen LogP contribution in [0.5, 0.6) is 5.75 Å². The molecule has 0 bridgehead atoms. The van der Waals surface area contributed by atoms with E-state index in [2.05, 4.69) is 0 Å². The molecule has 1 saturated heterocycles. The molecule has 0 radical (unpaired) electrons. The molecule has 0 spiro atoms. The molecule has 2 aromatic carbocycles. The van der Waals surface area contributed by atoms with Gasteiger partial charge < -0.3 is 14.7 Å². The number of aliphatic hydroxyl groups is 1. The number of piperidine rings is 1. The normalized spacial score (nSPS) is 27.2. The number of nitrogens with zero attached hydrogens (tertiary/aromatic N) is 2. The van der Waals surface area contributed by atoms with Gasteiger partial charge in [-0.3, -0.25) is 0 Å². The molecule has 1 heterocycles. The molecule has 1 aliphatic rings. The van der Waals surface area contributed by atoms with Crippen LogP contribution in [-0.2, 0) is 21.4 Å². The summed E-state index contributed by atoms with van der Waals surface area (Å²) in [4.78, 5) is 0.364. The maximum Gasteiger partial charge on any atom is 0.218 e. The van der Waals surface area contributed by atoms with Gasteiger partial charge in [-0.1, -0.05) is 42.5 Å². The number of hydrogen-bond acceptors (Lipinski definition) is 5. The minimum absolute atomic E-state index is 0.0130. The quantitative estimate of drug-likeness (QED) is 0.739. The standard InChI is InChI=1S/C22H30N2O4S/c1-23(2)15-20-16-24(29(26,27)17-18-8-5-4-6-9-18)13-12-22(20,25)19-10-7-11-21(14-19)28-3/h4-11,14,20,25H,12-13,15-17H2,1-3H3/i1D3,2D3. The highest BCUT2D eigenvalue weighted by Crippen LogP contribution is 2.40. The van der Waals surface area contributed by atoms with Crippen molar-refractivity contribution < 1.29 is 26.5 Å². The zero-order chi connectivity index (χ0) is 26.1. The highest BCUT2D eigenvalue weighted by Gasteiger charge is 2.45. The Morgan fingerprint density at radius 3 is 2.69 bits per heavy atom. The molecule has 2 unspecified atom stereocenters. The van der Waals surface area contributed by atoms with Crippen LogP contribution in [0.3, 0.4) is 0 Å². The van der Waals surface area contributed by atoms with Gasteiger partial charge in [0.15, 0.2) is 0 Å². The van der Waals surface area contributed by atoms with Crippen LogP contribution in [-0.4, -0.2) is 63.4 Å². The molecule has 1 fully saturated rings. The summed E-state index contributed by atoms with van der Waals surface area (Å²) in [5.74, 6) is -0.854. The van der Waals surface area contributed by atoms with Crippen LogP contribution in [0.15, 0.2) is 54.6 Å². The van der Waals surface area contributed by atoms with E-state index in [0.29, 0.717) is 21.8 Å². The second kappa shape index (κ2) is 8.83. The molecule has 6 nitrogen and oxygen atoms in total. The smallest absolute Gasteiger partial charge is 0.218 e. The molecule has 29 heavy (non-hydrogen) atoms. The van der Waals surface area contributed by atoms with E-state index < -0.39 is 42.0 Å². The Morgan fingerprint density at radius 1 is 1.24 bits per heavy atom. The van der Waals surface area contributed by atoms with E-state index in [1.807, 2.05) is 0 Å². The van der Waals surface area contributed by atoms with Crippen molar-refractivity contribution in [3.8, 4) is 5.75 Å². The third-order valence-corrected chi connectivity index (χ3v) is 7.22. The van der Waals surface area contributed by atoms with Gasteiger partial charge in [-0.2, -0.15) is 0 Å². The van der Waals surface area contributed by atoms with Gasteiger partial charge in [0.05, 0.1) is 18.5 Å². The SMILES string of the molecule is [2H]C([2H])([2H])N(CC1CN(S(=O)(=O)Cc2ccccc2)CCC1(O)c1cccc(OC)c1)C([2H])([2H])[2H]. The first-order valence-electron chi connectivity index (χ1n) is 12.3. The molecule has 0 aromatic heterocycles. The lowest BCUT2D eigenvalue weighted by Gasteiger charge is -2.45. The van der Waals surface area contributed by atoms with Crippen LogP contribution >= 0.6 is 0 Å². The van der Waals surface area contributed by atoms with Crippen molar-refractivity contribution in [2.24, 2.45) is 5.92 Å². The number of hydrogen-bond donors (Lipinski definition) is 1. The average Bonchev–Trinajstić information content (AvgIpc) is 2.77. The summed E-state index contributed by atoms with van der Waals surface area (Å²) in [5, 5.41) is 11.8. The van der Waals surface area contributed by atoms with Crippen molar-refractivity contribution in [1.29, 1.82) is 0 Å². The first-order valence-corrected chi connectivity index (χ1v) is 10.9. The maximum absolute atomic E-state index is 13.2. The Kier molecular flexibility index (Phi) is 4.56. The van der Waals surface area contributed by atoms with Gasteiger partial charge in [-0.25, -0.2) is 12.7 Å². The summed E-state index contributed by atoms with van der Waals surface area (Å²) >= 11 is 0.